The van der Waals surface area contributed by atoms with Crippen LogP contribution in [0.15, 0.2) is 30.3 Å². The van der Waals surface area contributed by atoms with E-state index in [0.29, 0.717) is 32.4 Å². The first kappa shape index (κ1) is 12.8. The SMILES string of the molecule is NCC(CN1C(=O)CCCC1=O)c1ccccc1. The number of piperidine rings is 1. The van der Waals surface area contributed by atoms with Crippen molar-refractivity contribution >= 4 is 11.8 Å². The van der Waals surface area contributed by atoms with Gasteiger partial charge in [-0.25, -0.2) is 0 Å². The van der Waals surface area contributed by atoms with E-state index in [4.69, 9.17) is 5.73 Å². The van der Waals surface area contributed by atoms with Crippen molar-refractivity contribution in [2.24, 2.45) is 5.73 Å². The van der Waals surface area contributed by atoms with Crippen molar-refractivity contribution in [3.63, 3.8) is 0 Å². The maximum Gasteiger partial charge on any atom is 0.229 e. The lowest BCUT2D eigenvalue weighted by Crippen LogP contribution is -2.43. The number of carbonyl (C=O) groups excluding carboxylic acids is 2. The van der Waals surface area contributed by atoms with Crippen LogP contribution in [-0.2, 0) is 9.59 Å². The molecule has 96 valence electrons. The fourth-order valence-corrected chi connectivity index (χ4v) is 2.27. The van der Waals surface area contributed by atoms with Gasteiger partial charge in [0.05, 0.1) is 0 Å². The van der Waals surface area contributed by atoms with Crippen LogP contribution in [0.4, 0.5) is 0 Å². The monoisotopic (exact) mass is 246 g/mol. The van der Waals surface area contributed by atoms with E-state index in [0.717, 1.165) is 5.56 Å². The topological polar surface area (TPSA) is 63.4 Å². The number of nitrogens with zero attached hydrogens (tertiary/aromatic N) is 1. The zero-order valence-corrected chi connectivity index (χ0v) is 10.3. The zero-order valence-electron chi connectivity index (χ0n) is 10.3. The minimum atomic E-state index is -0.0689. The third kappa shape index (κ3) is 2.76. The molecule has 1 aromatic rings. The Labute approximate surface area is 107 Å². The van der Waals surface area contributed by atoms with Gasteiger partial charge in [0.1, 0.15) is 0 Å². The average molecular weight is 246 g/mol. The van der Waals surface area contributed by atoms with E-state index in [2.05, 4.69) is 0 Å². The van der Waals surface area contributed by atoms with Gasteiger partial charge < -0.3 is 5.73 Å². The number of hydrogen-bond donors (Lipinski definition) is 1. The molecule has 2 N–H and O–H groups in total. The van der Waals surface area contributed by atoms with Crippen molar-refractivity contribution in [2.75, 3.05) is 13.1 Å². The molecular formula is C14H18N2O2. The molecule has 18 heavy (non-hydrogen) atoms. The van der Waals surface area contributed by atoms with Gasteiger partial charge in [0, 0.05) is 31.8 Å². The van der Waals surface area contributed by atoms with Crippen LogP contribution < -0.4 is 5.73 Å². The Kier molecular flexibility index (Phi) is 4.10. The van der Waals surface area contributed by atoms with Crippen molar-refractivity contribution in [2.45, 2.75) is 25.2 Å². The number of rotatable bonds is 4. The summed E-state index contributed by atoms with van der Waals surface area (Å²) in [6.07, 6.45) is 1.61. The number of benzene rings is 1. The van der Waals surface area contributed by atoms with Crippen LogP contribution in [0, 0.1) is 0 Å². The van der Waals surface area contributed by atoms with Gasteiger partial charge in [-0.1, -0.05) is 30.3 Å². The molecule has 0 radical (unpaired) electrons. The van der Waals surface area contributed by atoms with Crippen LogP contribution >= 0.6 is 0 Å². The number of likely N-dealkylation sites (tertiary alicyclic amines) is 1. The second-order valence-corrected chi connectivity index (χ2v) is 4.59. The number of amides is 2. The number of nitrogens with two attached hydrogens (primary N) is 1. The van der Waals surface area contributed by atoms with Crippen LogP contribution in [0.25, 0.3) is 0 Å². The smallest absolute Gasteiger partial charge is 0.229 e. The van der Waals surface area contributed by atoms with Gasteiger partial charge in [0.2, 0.25) is 11.8 Å². The second kappa shape index (κ2) is 5.78. The Morgan fingerprint density at radius 2 is 1.72 bits per heavy atom. The first-order valence-electron chi connectivity index (χ1n) is 6.30. The van der Waals surface area contributed by atoms with Crippen LogP contribution in [-0.4, -0.2) is 29.8 Å². The Balaban J connectivity index is 2.10. The number of carbonyl (C=O) groups is 2. The van der Waals surface area contributed by atoms with Crippen LogP contribution in [0.2, 0.25) is 0 Å². The zero-order chi connectivity index (χ0) is 13.0. The molecule has 0 bridgehead atoms. The van der Waals surface area contributed by atoms with Gasteiger partial charge in [0.25, 0.3) is 0 Å². The minimum Gasteiger partial charge on any atom is -0.330 e. The molecule has 1 atom stereocenters. The molecular weight excluding hydrogens is 228 g/mol. The standard InChI is InChI=1S/C14H18N2O2/c15-9-12(11-5-2-1-3-6-11)10-16-13(17)7-4-8-14(16)18/h1-3,5-6,12H,4,7-10,15H2. The second-order valence-electron chi connectivity index (χ2n) is 4.59. The van der Waals surface area contributed by atoms with Crippen molar-refractivity contribution in [3.05, 3.63) is 35.9 Å². The van der Waals surface area contributed by atoms with E-state index in [1.54, 1.807) is 0 Å². The summed E-state index contributed by atoms with van der Waals surface area (Å²) in [6.45, 7) is 0.833. The quantitative estimate of drug-likeness (QED) is 0.814. The van der Waals surface area contributed by atoms with Crippen LogP contribution in [0.3, 0.4) is 0 Å². The first-order chi connectivity index (χ1) is 8.72. The highest BCUT2D eigenvalue weighted by atomic mass is 16.2. The maximum absolute atomic E-state index is 11.8. The number of imide groups is 1. The molecule has 0 saturated carbocycles. The summed E-state index contributed by atoms with van der Waals surface area (Å²) >= 11 is 0. The summed E-state index contributed by atoms with van der Waals surface area (Å²) in [7, 11) is 0. The highest BCUT2D eigenvalue weighted by Gasteiger charge is 2.28. The van der Waals surface area contributed by atoms with Crippen molar-refractivity contribution < 1.29 is 9.59 Å². The Morgan fingerprint density at radius 3 is 2.28 bits per heavy atom. The summed E-state index contributed by atoms with van der Waals surface area (Å²) in [5, 5.41) is 0. The van der Waals surface area contributed by atoms with Crippen molar-refractivity contribution in [1.29, 1.82) is 0 Å². The maximum atomic E-state index is 11.8. The van der Waals surface area contributed by atoms with Crippen LogP contribution in [0.1, 0.15) is 30.7 Å². The molecule has 1 aromatic carbocycles. The molecule has 2 rings (SSSR count). The van der Waals surface area contributed by atoms with Crippen molar-refractivity contribution in [3.8, 4) is 0 Å². The summed E-state index contributed by atoms with van der Waals surface area (Å²) in [5.41, 5.74) is 6.84. The fourth-order valence-electron chi connectivity index (χ4n) is 2.27. The first-order valence-corrected chi connectivity index (χ1v) is 6.30. The van der Waals surface area contributed by atoms with E-state index >= 15 is 0 Å². The molecule has 1 aliphatic rings. The van der Waals surface area contributed by atoms with E-state index in [9.17, 15) is 9.59 Å². The highest BCUT2D eigenvalue weighted by molar-refractivity contribution is 5.97. The lowest BCUT2D eigenvalue weighted by molar-refractivity contribution is -0.148. The highest BCUT2D eigenvalue weighted by Crippen LogP contribution is 2.20. The van der Waals surface area contributed by atoms with Gasteiger partial charge in [0.15, 0.2) is 0 Å². The van der Waals surface area contributed by atoms with Gasteiger partial charge in [-0.05, 0) is 12.0 Å². The largest absolute Gasteiger partial charge is 0.330 e. The minimum absolute atomic E-state index is 0.0252. The Bertz CT molecular complexity index is 415. The predicted molar refractivity (Wildman–Crippen MR) is 68.8 cm³/mol. The lowest BCUT2D eigenvalue weighted by atomic mass is 9.97. The summed E-state index contributed by atoms with van der Waals surface area (Å²) in [6, 6.07) is 9.79. The summed E-state index contributed by atoms with van der Waals surface area (Å²) in [4.78, 5) is 24.9. The Hall–Kier alpha value is -1.68. The molecule has 1 fully saturated rings. The van der Waals surface area contributed by atoms with E-state index in [1.807, 2.05) is 30.3 Å². The van der Waals surface area contributed by atoms with Gasteiger partial charge in [-0.15, -0.1) is 0 Å². The van der Waals surface area contributed by atoms with Gasteiger partial charge >= 0.3 is 0 Å². The van der Waals surface area contributed by atoms with E-state index in [-0.39, 0.29) is 17.7 Å². The van der Waals surface area contributed by atoms with E-state index < -0.39 is 0 Å². The molecule has 0 spiro atoms. The summed E-state index contributed by atoms with van der Waals surface area (Å²) in [5.74, 6) is -0.113. The third-order valence-corrected chi connectivity index (χ3v) is 3.34. The van der Waals surface area contributed by atoms with Gasteiger partial charge in [-0.3, -0.25) is 14.5 Å². The molecule has 4 heteroatoms. The summed E-state index contributed by atoms with van der Waals surface area (Å²) < 4.78 is 0. The Morgan fingerprint density at radius 1 is 1.11 bits per heavy atom. The molecule has 0 aliphatic carbocycles. The molecule has 0 aromatic heterocycles. The lowest BCUT2D eigenvalue weighted by Gasteiger charge is -2.28. The predicted octanol–water partition coefficient (Wildman–Crippen LogP) is 1.27. The average Bonchev–Trinajstić information content (AvgIpc) is 2.40. The molecule has 4 nitrogen and oxygen atoms in total. The van der Waals surface area contributed by atoms with Crippen molar-refractivity contribution in [1.82, 2.24) is 4.90 Å². The fraction of sp³-hybridized carbons (Fsp3) is 0.429. The van der Waals surface area contributed by atoms with E-state index in [1.165, 1.54) is 4.90 Å². The molecule has 1 unspecified atom stereocenters. The molecule has 2 amide bonds. The normalized spacial score (nSPS) is 17.9. The molecule has 1 aliphatic heterocycles. The number of hydrogen-bond acceptors (Lipinski definition) is 3. The third-order valence-electron chi connectivity index (χ3n) is 3.34. The molecule has 1 saturated heterocycles. The van der Waals surface area contributed by atoms with Gasteiger partial charge in [-0.2, -0.15) is 0 Å². The molecule has 1 heterocycles. The van der Waals surface area contributed by atoms with Crippen LogP contribution in [0.5, 0.6) is 0 Å².